The highest BCUT2D eigenvalue weighted by Crippen LogP contribution is 2.34. The van der Waals surface area contributed by atoms with Crippen LogP contribution in [0.4, 0.5) is 0 Å². The van der Waals surface area contributed by atoms with E-state index in [0.717, 1.165) is 18.7 Å². The number of rotatable bonds is 7. The molecule has 0 saturated heterocycles. The number of nitrogens with zero attached hydrogens (tertiary/aromatic N) is 4. The molecule has 1 aromatic heterocycles. The van der Waals surface area contributed by atoms with Crippen molar-refractivity contribution in [1.82, 2.24) is 25.5 Å². The van der Waals surface area contributed by atoms with E-state index in [1.807, 2.05) is 4.68 Å². The molecule has 0 bridgehead atoms. The number of carbonyl (C=O) groups excluding carboxylic acids is 1. The molecule has 94 valence electrons. The van der Waals surface area contributed by atoms with Gasteiger partial charge in [-0.25, -0.2) is 4.68 Å². The van der Waals surface area contributed by atoms with Crippen molar-refractivity contribution in [3.05, 3.63) is 5.82 Å². The van der Waals surface area contributed by atoms with Crippen LogP contribution in [0.3, 0.4) is 0 Å². The van der Waals surface area contributed by atoms with Crippen molar-refractivity contribution in [2.24, 2.45) is 0 Å². The average Bonchev–Trinajstić information content (AvgIpc) is 3.05. The number of hydrogen-bond acceptors (Lipinski definition) is 6. The second kappa shape index (κ2) is 5.72. The van der Waals surface area contributed by atoms with E-state index in [2.05, 4.69) is 20.8 Å². The minimum absolute atomic E-state index is 0.179. The molecule has 0 amide bonds. The molecule has 1 aliphatic rings. The summed E-state index contributed by atoms with van der Waals surface area (Å²) < 4.78 is 6.69. The summed E-state index contributed by atoms with van der Waals surface area (Å²) in [4.78, 5) is 11.1. The van der Waals surface area contributed by atoms with Crippen LogP contribution in [-0.2, 0) is 16.1 Å². The Labute approximate surface area is 99.5 Å². The molecule has 0 spiro atoms. The first-order valence-electron chi connectivity index (χ1n) is 5.94. The second-order valence-corrected chi connectivity index (χ2v) is 4.00. The summed E-state index contributed by atoms with van der Waals surface area (Å²) in [6.45, 7) is 3.40. The van der Waals surface area contributed by atoms with Gasteiger partial charge in [-0.1, -0.05) is 0 Å². The topological polar surface area (TPSA) is 81.9 Å². The Kier molecular flexibility index (Phi) is 4.03. The van der Waals surface area contributed by atoms with Crippen LogP contribution in [0.25, 0.3) is 0 Å². The Morgan fingerprint density at radius 3 is 3.12 bits per heavy atom. The van der Waals surface area contributed by atoms with Gasteiger partial charge in [-0.15, -0.1) is 5.10 Å². The molecule has 1 saturated carbocycles. The van der Waals surface area contributed by atoms with Crippen molar-refractivity contribution in [3.8, 4) is 0 Å². The molecule has 0 radical (unpaired) electrons. The van der Waals surface area contributed by atoms with E-state index in [4.69, 9.17) is 4.74 Å². The van der Waals surface area contributed by atoms with Gasteiger partial charge in [-0.3, -0.25) is 4.79 Å². The van der Waals surface area contributed by atoms with Gasteiger partial charge in [0, 0.05) is 6.54 Å². The van der Waals surface area contributed by atoms with Crippen LogP contribution in [0.15, 0.2) is 0 Å². The quantitative estimate of drug-likeness (QED) is 0.535. The van der Waals surface area contributed by atoms with E-state index in [0.29, 0.717) is 32.2 Å². The van der Waals surface area contributed by atoms with Gasteiger partial charge in [0.15, 0.2) is 5.82 Å². The maximum absolute atomic E-state index is 11.1. The van der Waals surface area contributed by atoms with E-state index in [-0.39, 0.29) is 5.97 Å². The molecule has 7 nitrogen and oxygen atoms in total. The van der Waals surface area contributed by atoms with Gasteiger partial charge in [0.05, 0.1) is 25.6 Å². The lowest BCUT2D eigenvalue weighted by molar-refractivity contribution is -0.142. The zero-order chi connectivity index (χ0) is 12.1. The summed E-state index contributed by atoms with van der Waals surface area (Å²) in [6, 6.07) is 0.479. The van der Waals surface area contributed by atoms with Crippen LogP contribution in [0.5, 0.6) is 0 Å². The zero-order valence-electron chi connectivity index (χ0n) is 9.93. The number of carbonyl (C=O) groups is 1. The SMILES string of the molecule is CCOC(=O)CCNCc1nnnn1C1CC1. The van der Waals surface area contributed by atoms with E-state index in [1.54, 1.807) is 6.92 Å². The molecule has 0 aromatic carbocycles. The van der Waals surface area contributed by atoms with Crippen LogP contribution in [0.1, 0.15) is 38.1 Å². The molecule has 0 unspecified atom stereocenters. The summed E-state index contributed by atoms with van der Waals surface area (Å²) in [5.74, 6) is 0.651. The maximum Gasteiger partial charge on any atom is 0.307 e. The van der Waals surface area contributed by atoms with Gasteiger partial charge < -0.3 is 10.1 Å². The van der Waals surface area contributed by atoms with Crippen molar-refractivity contribution in [1.29, 1.82) is 0 Å². The Bertz CT molecular complexity index is 375. The van der Waals surface area contributed by atoms with Gasteiger partial charge in [0.25, 0.3) is 0 Å². The van der Waals surface area contributed by atoms with Gasteiger partial charge in [-0.2, -0.15) is 0 Å². The number of nitrogens with one attached hydrogen (secondary N) is 1. The number of tetrazole rings is 1. The fourth-order valence-corrected chi connectivity index (χ4v) is 1.56. The van der Waals surface area contributed by atoms with E-state index in [1.165, 1.54) is 0 Å². The molecule has 1 heterocycles. The van der Waals surface area contributed by atoms with E-state index in [9.17, 15) is 4.79 Å². The highest BCUT2D eigenvalue weighted by molar-refractivity contribution is 5.69. The molecule has 1 fully saturated rings. The lowest BCUT2D eigenvalue weighted by Crippen LogP contribution is -2.21. The molecular formula is C10H17N5O2. The van der Waals surface area contributed by atoms with E-state index >= 15 is 0 Å². The molecule has 2 rings (SSSR count). The standard InChI is InChI=1S/C10H17N5O2/c1-2-17-10(16)5-6-11-7-9-12-13-14-15(9)8-3-4-8/h8,11H,2-7H2,1H3. The van der Waals surface area contributed by atoms with Crippen molar-refractivity contribution in [2.75, 3.05) is 13.2 Å². The number of esters is 1. The van der Waals surface area contributed by atoms with Crippen LogP contribution < -0.4 is 5.32 Å². The van der Waals surface area contributed by atoms with Crippen LogP contribution >= 0.6 is 0 Å². The first kappa shape index (κ1) is 12.0. The molecule has 1 N–H and O–H groups in total. The predicted molar refractivity (Wildman–Crippen MR) is 59.0 cm³/mol. The van der Waals surface area contributed by atoms with Crippen molar-refractivity contribution >= 4 is 5.97 Å². The Hall–Kier alpha value is -1.50. The first-order valence-corrected chi connectivity index (χ1v) is 5.94. The van der Waals surface area contributed by atoms with Crippen molar-refractivity contribution in [3.63, 3.8) is 0 Å². The predicted octanol–water partition coefficient (Wildman–Crippen LogP) is 0.0508. The van der Waals surface area contributed by atoms with Gasteiger partial charge in [-0.05, 0) is 30.2 Å². The highest BCUT2D eigenvalue weighted by atomic mass is 16.5. The molecule has 7 heteroatoms. The van der Waals surface area contributed by atoms with E-state index < -0.39 is 0 Å². The second-order valence-electron chi connectivity index (χ2n) is 4.00. The van der Waals surface area contributed by atoms with Crippen LogP contribution in [0, 0.1) is 0 Å². The average molecular weight is 239 g/mol. The van der Waals surface area contributed by atoms with Crippen molar-refractivity contribution in [2.45, 2.75) is 38.8 Å². The summed E-state index contributed by atoms with van der Waals surface area (Å²) in [7, 11) is 0. The minimum atomic E-state index is -0.179. The minimum Gasteiger partial charge on any atom is -0.466 e. The van der Waals surface area contributed by atoms with Gasteiger partial charge in [0.1, 0.15) is 0 Å². The third-order valence-corrected chi connectivity index (χ3v) is 2.55. The smallest absolute Gasteiger partial charge is 0.307 e. The fraction of sp³-hybridized carbons (Fsp3) is 0.800. The molecule has 1 aromatic rings. The monoisotopic (exact) mass is 239 g/mol. The number of aromatic nitrogens is 4. The third kappa shape index (κ3) is 3.48. The summed E-state index contributed by atoms with van der Waals surface area (Å²) in [5, 5.41) is 14.7. The zero-order valence-corrected chi connectivity index (χ0v) is 9.93. The van der Waals surface area contributed by atoms with Crippen LogP contribution in [-0.4, -0.2) is 39.3 Å². The largest absolute Gasteiger partial charge is 0.466 e. The lowest BCUT2D eigenvalue weighted by atomic mass is 10.4. The maximum atomic E-state index is 11.1. The molecule has 1 aliphatic carbocycles. The molecule has 0 atom stereocenters. The number of ether oxygens (including phenoxy) is 1. The Morgan fingerprint density at radius 2 is 2.41 bits per heavy atom. The lowest BCUT2D eigenvalue weighted by Gasteiger charge is -2.04. The van der Waals surface area contributed by atoms with Gasteiger partial charge >= 0.3 is 5.97 Å². The fourth-order valence-electron chi connectivity index (χ4n) is 1.56. The Balaban J connectivity index is 1.67. The molecule has 0 aliphatic heterocycles. The number of hydrogen-bond donors (Lipinski definition) is 1. The molecular weight excluding hydrogens is 222 g/mol. The Morgan fingerprint density at radius 1 is 1.59 bits per heavy atom. The van der Waals surface area contributed by atoms with Crippen molar-refractivity contribution < 1.29 is 9.53 Å². The highest BCUT2D eigenvalue weighted by Gasteiger charge is 2.27. The summed E-state index contributed by atoms with van der Waals surface area (Å²) >= 11 is 0. The van der Waals surface area contributed by atoms with Crippen LogP contribution in [0.2, 0.25) is 0 Å². The summed E-state index contributed by atoms with van der Waals surface area (Å²) in [5.41, 5.74) is 0. The molecule has 17 heavy (non-hydrogen) atoms. The normalized spacial score (nSPS) is 14.9. The third-order valence-electron chi connectivity index (χ3n) is 2.55. The summed E-state index contributed by atoms with van der Waals surface area (Å²) in [6.07, 6.45) is 2.68. The van der Waals surface area contributed by atoms with Gasteiger partial charge in [0.2, 0.25) is 0 Å². The first-order chi connectivity index (χ1) is 8.31.